The molecule has 5 heteroatoms. The van der Waals surface area contributed by atoms with Crippen LogP contribution >= 0.6 is 0 Å². The van der Waals surface area contributed by atoms with Gasteiger partial charge in [-0.15, -0.1) is 0 Å². The SMILES string of the molecule is Cc1cnccc1-c1n[nH]c(CCCN)n1. The average Bonchev–Trinajstić information content (AvgIpc) is 2.75. The third kappa shape index (κ3) is 2.25. The van der Waals surface area contributed by atoms with Gasteiger partial charge in [0.05, 0.1) is 0 Å². The lowest BCUT2D eigenvalue weighted by Gasteiger charge is -1.98. The average molecular weight is 217 g/mol. The van der Waals surface area contributed by atoms with Gasteiger partial charge in [-0.3, -0.25) is 10.1 Å². The van der Waals surface area contributed by atoms with Crippen molar-refractivity contribution >= 4 is 0 Å². The monoisotopic (exact) mass is 217 g/mol. The molecule has 0 aliphatic carbocycles. The van der Waals surface area contributed by atoms with Gasteiger partial charge in [0.1, 0.15) is 5.82 Å². The number of hydrogen-bond acceptors (Lipinski definition) is 4. The van der Waals surface area contributed by atoms with E-state index in [0.29, 0.717) is 6.54 Å². The van der Waals surface area contributed by atoms with Gasteiger partial charge in [0.15, 0.2) is 5.82 Å². The lowest BCUT2D eigenvalue weighted by molar-refractivity contribution is 0.785. The number of pyridine rings is 1. The Morgan fingerprint density at radius 3 is 3.06 bits per heavy atom. The molecule has 0 unspecified atom stereocenters. The quantitative estimate of drug-likeness (QED) is 0.802. The predicted octanol–water partition coefficient (Wildman–Crippen LogP) is 1.07. The van der Waals surface area contributed by atoms with E-state index in [9.17, 15) is 0 Å². The number of hydrogen-bond donors (Lipinski definition) is 2. The molecular formula is C11H15N5. The fourth-order valence-corrected chi connectivity index (χ4v) is 1.52. The Morgan fingerprint density at radius 2 is 2.31 bits per heavy atom. The zero-order valence-electron chi connectivity index (χ0n) is 9.27. The predicted molar refractivity (Wildman–Crippen MR) is 61.7 cm³/mol. The van der Waals surface area contributed by atoms with E-state index in [-0.39, 0.29) is 0 Å². The van der Waals surface area contributed by atoms with Crippen LogP contribution in [0.5, 0.6) is 0 Å². The topological polar surface area (TPSA) is 80.5 Å². The van der Waals surface area contributed by atoms with Crippen LogP contribution < -0.4 is 5.73 Å². The Kier molecular flexibility index (Phi) is 3.26. The third-order valence-corrected chi connectivity index (χ3v) is 2.41. The lowest BCUT2D eigenvalue weighted by atomic mass is 10.1. The maximum Gasteiger partial charge on any atom is 0.181 e. The van der Waals surface area contributed by atoms with Crippen LogP contribution in [0.3, 0.4) is 0 Å². The highest BCUT2D eigenvalue weighted by molar-refractivity contribution is 5.58. The lowest BCUT2D eigenvalue weighted by Crippen LogP contribution is -2.01. The molecule has 0 atom stereocenters. The van der Waals surface area contributed by atoms with E-state index in [4.69, 9.17) is 5.73 Å². The molecule has 16 heavy (non-hydrogen) atoms. The van der Waals surface area contributed by atoms with Gasteiger partial charge < -0.3 is 5.73 Å². The normalized spacial score (nSPS) is 10.6. The Morgan fingerprint density at radius 1 is 1.44 bits per heavy atom. The van der Waals surface area contributed by atoms with Gasteiger partial charge in [0.2, 0.25) is 0 Å². The first kappa shape index (κ1) is 10.8. The highest BCUT2D eigenvalue weighted by Gasteiger charge is 2.07. The number of H-pyrrole nitrogens is 1. The number of nitrogens with two attached hydrogens (primary N) is 1. The summed E-state index contributed by atoms with van der Waals surface area (Å²) < 4.78 is 0. The van der Waals surface area contributed by atoms with E-state index >= 15 is 0 Å². The summed E-state index contributed by atoms with van der Waals surface area (Å²) in [7, 11) is 0. The van der Waals surface area contributed by atoms with Crippen LogP contribution in [0.4, 0.5) is 0 Å². The third-order valence-electron chi connectivity index (χ3n) is 2.41. The Labute approximate surface area is 94.1 Å². The van der Waals surface area contributed by atoms with E-state index in [1.807, 2.05) is 19.2 Å². The Hall–Kier alpha value is -1.75. The summed E-state index contributed by atoms with van der Waals surface area (Å²) in [5, 5.41) is 7.12. The summed E-state index contributed by atoms with van der Waals surface area (Å²) in [5.74, 6) is 1.61. The zero-order valence-corrected chi connectivity index (χ0v) is 9.27. The molecule has 0 bridgehead atoms. The van der Waals surface area contributed by atoms with Crippen molar-refractivity contribution in [3.63, 3.8) is 0 Å². The molecule has 2 aromatic heterocycles. The first-order valence-electron chi connectivity index (χ1n) is 5.33. The van der Waals surface area contributed by atoms with Crippen molar-refractivity contribution in [1.82, 2.24) is 20.2 Å². The molecule has 3 N–H and O–H groups in total. The van der Waals surface area contributed by atoms with E-state index < -0.39 is 0 Å². The molecule has 2 heterocycles. The van der Waals surface area contributed by atoms with Crippen molar-refractivity contribution < 1.29 is 0 Å². The van der Waals surface area contributed by atoms with Crippen LogP contribution in [0.25, 0.3) is 11.4 Å². The fraction of sp³-hybridized carbons (Fsp3) is 0.364. The van der Waals surface area contributed by atoms with Crippen molar-refractivity contribution in [1.29, 1.82) is 0 Å². The molecule has 0 aliphatic rings. The largest absolute Gasteiger partial charge is 0.330 e. The molecular weight excluding hydrogens is 202 g/mol. The second-order valence-electron chi connectivity index (χ2n) is 3.69. The van der Waals surface area contributed by atoms with Gasteiger partial charge in [-0.05, 0) is 31.5 Å². The van der Waals surface area contributed by atoms with E-state index in [1.54, 1.807) is 6.20 Å². The molecule has 0 aromatic carbocycles. The van der Waals surface area contributed by atoms with Gasteiger partial charge in [0.25, 0.3) is 0 Å². The molecule has 2 aromatic rings. The van der Waals surface area contributed by atoms with Crippen molar-refractivity contribution in [3.05, 3.63) is 29.8 Å². The van der Waals surface area contributed by atoms with E-state index in [2.05, 4.69) is 20.2 Å². The summed E-state index contributed by atoms with van der Waals surface area (Å²) in [6.07, 6.45) is 5.32. The highest BCUT2D eigenvalue weighted by atomic mass is 15.2. The maximum atomic E-state index is 5.45. The summed E-state index contributed by atoms with van der Waals surface area (Å²) in [5.41, 5.74) is 7.54. The Bertz CT molecular complexity index is 463. The van der Waals surface area contributed by atoms with Gasteiger partial charge in [0, 0.05) is 24.4 Å². The molecule has 5 nitrogen and oxygen atoms in total. The van der Waals surface area contributed by atoms with Gasteiger partial charge in [-0.1, -0.05) is 0 Å². The molecule has 0 saturated heterocycles. The second kappa shape index (κ2) is 4.85. The molecule has 0 radical (unpaired) electrons. The van der Waals surface area contributed by atoms with E-state index in [1.165, 1.54) is 0 Å². The van der Waals surface area contributed by atoms with Crippen LogP contribution in [0.1, 0.15) is 17.8 Å². The smallest absolute Gasteiger partial charge is 0.181 e. The van der Waals surface area contributed by atoms with Crippen LogP contribution in [0.15, 0.2) is 18.5 Å². The summed E-state index contributed by atoms with van der Waals surface area (Å²) in [6.45, 7) is 2.67. The van der Waals surface area contributed by atoms with Crippen LogP contribution in [0.2, 0.25) is 0 Å². The Balaban J connectivity index is 2.22. The van der Waals surface area contributed by atoms with E-state index in [0.717, 1.165) is 35.6 Å². The maximum absolute atomic E-state index is 5.45. The molecule has 0 amide bonds. The van der Waals surface area contributed by atoms with Crippen molar-refractivity contribution in [2.24, 2.45) is 5.73 Å². The minimum Gasteiger partial charge on any atom is -0.330 e. The number of aromatic amines is 1. The molecule has 2 rings (SSSR count). The molecule has 0 saturated carbocycles. The first-order valence-corrected chi connectivity index (χ1v) is 5.33. The number of rotatable bonds is 4. The van der Waals surface area contributed by atoms with Crippen LogP contribution in [0, 0.1) is 6.92 Å². The highest BCUT2D eigenvalue weighted by Crippen LogP contribution is 2.17. The van der Waals surface area contributed by atoms with Gasteiger partial charge in [-0.25, -0.2) is 4.98 Å². The minimum absolute atomic E-state index is 0.671. The summed E-state index contributed by atoms with van der Waals surface area (Å²) in [4.78, 5) is 8.47. The minimum atomic E-state index is 0.671. The zero-order chi connectivity index (χ0) is 11.4. The van der Waals surface area contributed by atoms with Gasteiger partial charge >= 0.3 is 0 Å². The molecule has 0 spiro atoms. The number of aromatic nitrogens is 4. The number of nitrogens with zero attached hydrogens (tertiary/aromatic N) is 3. The molecule has 84 valence electrons. The standard InChI is InChI=1S/C11H15N5/c1-8-7-13-6-4-9(8)11-14-10(15-16-11)3-2-5-12/h4,6-7H,2-3,5,12H2,1H3,(H,14,15,16). The van der Waals surface area contributed by atoms with Crippen molar-refractivity contribution in [2.45, 2.75) is 19.8 Å². The second-order valence-corrected chi connectivity index (χ2v) is 3.69. The van der Waals surface area contributed by atoms with Gasteiger partial charge in [-0.2, -0.15) is 5.10 Å². The van der Waals surface area contributed by atoms with Crippen molar-refractivity contribution in [3.8, 4) is 11.4 Å². The van der Waals surface area contributed by atoms with Crippen molar-refractivity contribution in [2.75, 3.05) is 6.54 Å². The number of aryl methyl sites for hydroxylation is 2. The molecule has 0 aliphatic heterocycles. The van der Waals surface area contributed by atoms with Crippen LogP contribution in [-0.2, 0) is 6.42 Å². The molecule has 0 fully saturated rings. The number of nitrogens with one attached hydrogen (secondary N) is 1. The summed E-state index contributed by atoms with van der Waals surface area (Å²) >= 11 is 0. The first-order chi connectivity index (χ1) is 7.81. The summed E-state index contributed by atoms with van der Waals surface area (Å²) in [6, 6.07) is 1.92. The fourth-order valence-electron chi connectivity index (χ4n) is 1.52. The van der Waals surface area contributed by atoms with Crippen LogP contribution in [-0.4, -0.2) is 26.7 Å².